The molecule has 2 rings (SSSR count). The summed E-state index contributed by atoms with van der Waals surface area (Å²) < 4.78 is 1.56. The van der Waals surface area contributed by atoms with Crippen LogP contribution in [0.1, 0.15) is 23.8 Å². The third-order valence-corrected chi connectivity index (χ3v) is 2.85. The minimum atomic E-state index is -0.392. The van der Waals surface area contributed by atoms with Crippen LogP contribution in [0.3, 0.4) is 0 Å². The van der Waals surface area contributed by atoms with Gasteiger partial charge in [-0.05, 0) is 19.4 Å². The summed E-state index contributed by atoms with van der Waals surface area (Å²) in [5.41, 5.74) is 0.566. The van der Waals surface area contributed by atoms with Gasteiger partial charge in [-0.25, -0.2) is 0 Å². The summed E-state index contributed by atoms with van der Waals surface area (Å²) in [6.45, 7) is 2.37. The van der Waals surface area contributed by atoms with Crippen LogP contribution in [-0.4, -0.2) is 44.4 Å². The Hall–Kier alpha value is -1.36. The van der Waals surface area contributed by atoms with E-state index in [4.69, 9.17) is 0 Å². The molecule has 2 heterocycles. The van der Waals surface area contributed by atoms with Gasteiger partial charge in [-0.15, -0.1) is 0 Å². The monoisotopic (exact) mass is 209 g/mol. The highest BCUT2D eigenvalue weighted by molar-refractivity contribution is 5.92. The van der Waals surface area contributed by atoms with Crippen LogP contribution in [0, 0.1) is 0 Å². The van der Waals surface area contributed by atoms with Gasteiger partial charge < -0.3 is 10.0 Å². The van der Waals surface area contributed by atoms with Gasteiger partial charge in [-0.3, -0.25) is 9.48 Å². The number of hydrogen-bond acceptors (Lipinski definition) is 3. The summed E-state index contributed by atoms with van der Waals surface area (Å²) >= 11 is 0. The maximum absolute atomic E-state index is 12.0. The molecule has 1 N–H and O–H groups in total. The Kier molecular flexibility index (Phi) is 2.48. The van der Waals surface area contributed by atoms with Crippen molar-refractivity contribution >= 4 is 5.91 Å². The second-order valence-electron chi connectivity index (χ2n) is 4.04. The first-order valence-corrected chi connectivity index (χ1v) is 5.06. The third kappa shape index (κ3) is 1.74. The number of nitrogens with zero attached hydrogens (tertiary/aromatic N) is 3. The number of aliphatic hydroxyl groups excluding tert-OH is 1. The van der Waals surface area contributed by atoms with Crippen molar-refractivity contribution in [1.82, 2.24) is 14.7 Å². The van der Waals surface area contributed by atoms with Crippen molar-refractivity contribution in [2.75, 3.05) is 6.54 Å². The Balaban J connectivity index is 2.19. The van der Waals surface area contributed by atoms with E-state index in [9.17, 15) is 9.90 Å². The summed E-state index contributed by atoms with van der Waals surface area (Å²) in [6, 6.07) is 1.79. The Morgan fingerprint density at radius 3 is 2.87 bits per heavy atom. The Morgan fingerprint density at radius 1 is 1.67 bits per heavy atom. The van der Waals surface area contributed by atoms with Gasteiger partial charge in [0.05, 0.1) is 6.10 Å². The molecule has 0 saturated carbocycles. The van der Waals surface area contributed by atoms with Crippen LogP contribution in [-0.2, 0) is 7.05 Å². The second-order valence-corrected chi connectivity index (χ2v) is 4.04. The van der Waals surface area contributed by atoms with Crippen molar-refractivity contribution in [2.24, 2.45) is 7.05 Å². The number of aliphatic hydroxyl groups is 1. The molecule has 0 bridgehead atoms. The summed E-state index contributed by atoms with van der Waals surface area (Å²) in [5, 5.41) is 13.4. The SMILES string of the molecule is C[C@@H]1C[C@@H](O)CN1C(=O)c1ccnn1C. The zero-order valence-corrected chi connectivity index (χ0v) is 8.92. The van der Waals surface area contributed by atoms with E-state index in [1.807, 2.05) is 6.92 Å². The molecule has 15 heavy (non-hydrogen) atoms. The summed E-state index contributed by atoms with van der Waals surface area (Å²) in [5.74, 6) is -0.0564. The largest absolute Gasteiger partial charge is 0.391 e. The van der Waals surface area contributed by atoms with Gasteiger partial charge in [0.1, 0.15) is 5.69 Å². The number of amides is 1. The molecule has 1 amide bonds. The topological polar surface area (TPSA) is 58.4 Å². The highest BCUT2D eigenvalue weighted by Crippen LogP contribution is 2.19. The van der Waals surface area contributed by atoms with Crippen LogP contribution in [0.15, 0.2) is 12.3 Å². The van der Waals surface area contributed by atoms with E-state index in [2.05, 4.69) is 5.10 Å². The number of rotatable bonds is 1. The second kappa shape index (κ2) is 3.66. The lowest BCUT2D eigenvalue weighted by Crippen LogP contribution is -2.35. The smallest absolute Gasteiger partial charge is 0.272 e. The predicted octanol–water partition coefficient (Wildman–Crippen LogP) is 0.0154. The molecule has 0 aromatic carbocycles. The number of aromatic nitrogens is 2. The van der Waals surface area contributed by atoms with E-state index in [1.54, 1.807) is 28.9 Å². The Morgan fingerprint density at radius 2 is 2.40 bits per heavy atom. The van der Waals surface area contributed by atoms with Gasteiger partial charge in [0.15, 0.2) is 0 Å². The van der Waals surface area contributed by atoms with Gasteiger partial charge in [-0.1, -0.05) is 0 Å². The van der Waals surface area contributed by atoms with E-state index in [0.29, 0.717) is 18.7 Å². The highest BCUT2D eigenvalue weighted by Gasteiger charge is 2.32. The van der Waals surface area contributed by atoms with Gasteiger partial charge >= 0.3 is 0 Å². The molecule has 0 spiro atoms. The van der Waals surface area contributed by atoms with Crippen LogP contribution in [0.2, 0.25) is 0 Å². The fourth-order valence-electron chi connectivity index (χ4n) is 2.02. The molecule has 82 valence electrons. The summed E-state index contributed by atoms with van der Waals surface area (Å²) in [4.78, 5) is 13.7. The number of hydrogen-bond donors (Lipinski definition) is 1. The maximum Gasteiger partial charge on any atom is 0.272 e. The van der Waals surface area contributed by atoms with E-state index in [0.717, 1.165) is 0 Å². The molecule has 0 aliphatic carbocycles. The third-order valence-electron chi connectivity index (χ3n) is 2.85. The Bertz CT molecular complexity index is 374. The minimum absolute atomic E-state index is 0.0564. The standard InChI is InChI=1S/C10H15N3O2/c1-7-5-8(14)6-13(7)10(15)9-3-4-11-12(9)2/h3-4,7-8,14H,5-6H2,1-2H3/t7-,8-/m1/s1. The maximum atomic E-state index is 12.0. The number of β-amino-alcohol motifs (C(OH)–C–C–N with tert-alkyl or cyclic N) is 1. The fraction of sp³-hybridized carbons (Fsp3) is 0.600. The van der Waals surface area contributed by atoms with E-state index >= 15 is 0 Å². The van der Waals surface area contributed by atoms with Crippen molar-refractivity contribution < 1.29 is 9.90 Å². The average molecular weight is 209 g/mol. The molecular formula is C10H15N3O2. The van der Waals surface area contributed by atoms with Crippen molar-refractivity contribution in [3.05, 3.63) is 18.0 Å². The molecule has 5 nitrogen and oxygen atoms in total. The molecule has 1 aliphatic rings. The number of aryl methyl sites for hydroxylation is 1. The van der Waals surface area contributed by atoms with Crippen molar-refractivity contribution in [3.8, 4) is 0 Å². The molecule has 1 saturated heterocycles. The molecule has 1 fully saturated rings. The molecular weight excluding hydrogens is 194 g/mol. The molecule has 0 unspecified atom stereocenters. The molecule has 5 heteroatoms. The van der Waals surface area contributed by atoms with Crippen molar-refractivity contribution in [1.29, 1.82) is 0 Å². The zero-order chi connectivity index (χ0) is 11.0. The lowest BCUT2D eigenvalue weighted by atomic mass is 10.2. The summed E-state index contributed by atoms with van der Waals surface area (Å²) in [6.07, 6.45) is 1.87. The van der Waals surface area contributed by atoms with E-state index in [-0.39, 0.29) is 11.9 Å². The quantitative estimate of drug-likeness (QED) is 0.709. The first kappa shape index (κ1) is 10.2. The van der Waals surface area contributed by atoms with Crippen LogP contribution in [0.4, 0.5) is 0 Å². The molecule has 1 aromatic rings. The average Bonchev–Trinajstić information content (AvgIpc) is 2.71. The molecule has 0 radical (unpaired) electrons. The molecule has 2 atom stereocenters. The lowest BCUT2D eigenvalue weighted by molar-refractivity contribution is 0.0715. The first-order valence-electron chi connectivity index (χ1n) is 5.06. The summed E-state index contributed by atoms with van der Waals surface area (Å²) in [7, 11) is 1.74. The van der Waals surface area contributed by atoms with Gasteiger partial charge in [0.25, 0.3) is 5.91 Å². The number of carbonyl (C=O) groups excluding carboxylic acids is 1. The molecule has 1 aliphatic heterocycles. The minimum Gasteiger partial charge on any atom is -0.391 e. The molecule has 1 aromatic heterocycles. The van der Waals surface area contributed by atoms with Crippen LogP contribution in [0.5, 0.6) is 0 Å². The predicted molar refractivity (Wildman–Crippen MR) is 54.3 cm³/mol. The first-order chi connectivity index (χ1) is 7.09. The van der Waals surface area contributed by atoms with Crippen LogP contribution in [0.25, 0.3) is 0 Å². The van der Waals surface area contributed by atoms with Gasteiger partial charge in [0.2, 0.25) is 0 Å². The lowest BCUT2D eigenvalue weighted by Gasteiger charge is -2.20. The fourth-order valence-corrected chi connectivity index (χ4v) is 2.02. The normalized spacial score (nSPS) is 25.9. The number of likely N-dealkylation sites (tertiary alicyclic amines) is 1. The van der Waals surface area contributed by atoms with Crippen molar-refractivity contribution in [3.63, 3.8) is 0 Å². The zero-order valence-electron chi connectivity index (χ0n) is 8.92. The highest BCUT2D eigenvalue weighted by atomic mass is 16.3. The van der Waals surface area contributed by atoms with Gasteiger partial charge in [-0.2, -0.15) is 5.10 Å². The Labute approximate surface area is 88.3 Å². The van der Waals surface area contributed by atoms with Crippen LogP contribution >= 0.6 is 0 Å². The van der Waals surface area contributed by atoms with E-state index in [1.165, 1.54) is 0 Å². The number of carbonyl (C=O) groups is 1. The van der Waals surface area contributed by atoms with Crippen LogP contribution < -0.4 is 0 Å². The van der Waals surface area contributed by atoms with Gasteiger partial charge in [0, 0.05) is 25.8 Å². The van der Waals surface area contributed by atoms with Crippen molar-refractivity contribution in [2.45, 2.75) is 25.5 Å². The van der Waals surface area contributed by atoms with E-state index < -0.39 is 6.10 Å².